The summed E-state index contributed by atoms with van der Waals surface area (Å²) in [5.74, 6) is -1.08. The van der Waals surface area contributed by atoms with Gasteiger partial charge in [-0.25, -0.2) is 4.98 Å². The lowest BCUT2D eigenvalue weighted by atomic mass is 9.96. The molecular formula is C14H20N4O3. The Hall–Kier alpha value is -1.89. The predicted octanol–water partition coefficient (Wildman–Crippen LogP) is 0.0411. The maximum atomic E-state index is 12.2. The monoisotopic (exact) mass is 292 g/mol. The van der Waals surface area contributed by atoms with Crippen LogP contribution in [-0.2, 0) is 22.6 Å². The Morgan fingerprint density at radius 3 is 3.10 bits per heavy atom. The van der Waals surface area contributed by atoms with Gasteiger partial charge in [0, 0.05) is 19.5 Å². The molecule has 1 saturated carbocycles. The molecule has 3 rings (SSSR count). The van der Waals surface area contributed by atoms with Crippen LogP contribution in [0.2, 0.25) is 0 Å². The summed E-state index contributed by atoms with van der Waals surface area (Å²) in [4.78, 5) is 30.6. The number of hydrogen-bond donors (Lipinski definition) is 4. The van der Waals surface area contributed by atoms with Gasteiger partial charge in [0.2, 0.25) is 5.91 Å². The summed E-state index contributed by atoms with van der Waals surface area (Å²) >= 11 is 0. The molecule has 0 saturated heterocycles. The minimum absolute atomic E-state index is 0.0518. The van der Waals surface area contributed by atoms with Crippen LogP contribution in [-0.4, -0.2) is 39.5 Å². The van der Waals surface area contributed by atoms with E-state index in [0.717, 1.165) is 24.2 Å². The number of carboxylic acids is 1. The number of amides is 1. The molecular weight excluding hydrogens is 272 g/mol. The molecule has 0 aromatic carbocycles. The molecule has 0 spiro atoms. The molecule has 1 aromatic heterocycles. The molecule has 7 nitrogen and oxygen atoms in total. The number of carbonyl (C=O) groups excluding carboxylic acids is 1. The first-order valence-electron chi connectivity index (χ1n) is 7.40. The first kappa shape index (κ1) is 14.1. The predicted molar refractivity (Wildman–Crippen MR) is 74.4 cm³/mol. The summed E-state index contributed by atoms with van der Waals surface area (Å²) in [5.41, 5.74) is 1.96. The van der Waals surface area contributed by atoms with Crippen molar-refractivity contribution in [3.63, 3.8) is 0 Å². The highest BCUT2D eigenvalue weighted by molar-refractivity contribution is 5.82. The standard InChI is InChI=1S/C14H20N4O3/c19-13(11-4-10-12(6-15-11)18-7-17-10)16-5-8-2-1-3-9(8)14(20)21/h7-9,11,15H,1-6H2,(H,16,19)(H,17,18)(H,20,21). The summed E-state index contributed by atoms with van der Waals surface area (Å²) in [6, 6.07) is -0.287. The summed E-state index contributed by atoms with van der Waals surface area (Å²) < 4.78 is 0. The molecule has 3 atom stereocenters. The van der Waals surface area contributed by atoms with Crippen molar-refractivity contribution in [2.45, 2.75) is 38.3 Å². The largest absolute Gasteiger partial charge is 0.481 e. The number of H-pyrrole nitrogens is 1. The van der Waals surface area contributed by atoms with E-state index in [1.807, 2.05) is 0 Å². The second-order valence-corrected chi connectivity index (χ2v) is 5.85. The number of imidazole rings is 1. The molecule has 2 heterocycles. The zero-order valence-electron chi connectivity index (χ0n) is 11.8. The zero-order valence-corrected chi connectivity index (χ0v) is 11.8. The third-order valence-corrected chi connectivity index (χ3v) is 4.56. The minimum Gasteiger partial charge on any atom is -0.481 e. The number of hydrogen-bond acceptors (Lipinski definition) is 4. The van der Waals surface area contributed by atoms with Crippen LogP contribution in [0, 0.1) is 11.8 Å². The lowest BCUT2D eigenvalue weighted by Crippen LogP contribution is -2.49. The highest BCUT2D eigenvalue weighted by Crippen LogP contribution is 2.31. The van der Waals surface area contributed by atoms with Crippen molar-refractivity contribution in [3.8, 4) is 0 Å². The van der Waals surface area contributed by atoms with E-state index in [0.29, 0.717) is 25.9 Å². The summed E-state index contributed by atoms with van der Waals surface area (Å²) in [7, 11) is 0. The van der Waals surface area contributed by atoms with Crippen molar-refractivity contribution < 1.29 is 14.7 Å². The first-order chi connectivity index (χ1) is 10.1. The normalized spacial score (nSPS) is 28.1. The summed E-state index contributed by atoms with van der Waals surface area (Å²) in [5, 5.41) is 15.2. The lowest BCUT2D eigenvalue weighted by molar-refractivity contribution is -0.143. The van der Waals surface area contributed by atoms with Crippen LogP contribution in [0.25, 0.3) is 0 Å². The van der Waals surface area contributed by atoms with Crippen LogP contribution in [0.5, 0.6) is 0 Å². The second-order valence-electron chi connectivity index (χ2n) is 5.85. The van der Waals surface area contributed by atoms with Gasteiger partial charge in [0.1, 0.15) is 0 Å². The molecule has 21 heavy (non-hydrogen) atoms. The van der Waals surface area contributed by atoms with E-state index in [2.05, 4.69) is 20.6 Å². The average molecular weight is 292 g/mol. The van der Waals surface area contributed by atoms with Gasteiger partial charge in [0.25, 0.3) is 0 Å². The van der Waals surface area contributed by atoms with Gasteiger partial charge in [0.05, 0.1) is 29.7 Å². The SMILES string of the molecule is O=C(NCC1CCCC1C(=O)O)C1Cc2nc[nH]c2CN1. The number of nitrogens with zero attached hydrogens (tertiary/aromatic N) is 1. The highest BCUT2D eigenvalue weighted by atomic mass is 16.4. The Labute approximate surface area is 122 Å². The number of aliphatic carboxylic acids is 1. The summed E-state index contributed by atoms with van der Waals surface area (Å²) in [6.45, 7) is 1.05. The molecule has 1 fully saturated rings. The van der Waals surface area contributed by atoms with Gasteiger partial charge in [-0.05, 0) is 18.8 Å². The summed E-state index contributed by atoms with van der Waals surface area (Å²) in [6.07, 6.45) is 4.73. The molecule has 1 aliphatic heterocycles. The second kappa shape index (κ2) is 5.85. The highest BCUT2D eigenvalue weighted by Gasteiger charge is 2.33. The van der Waals surface area contributed by atoms with Crippen LogP contribution < -0.4 is 10.6 Å². The molecule has 0 radical (unpaired) electrons. The topological polar surface area (TPSA) is 107 Å². The van der Waals surface area contributed by atoms with Gasteiger partial charge in [-0.2, -0.15) is 0 Å². The van der Waals surface area contributed by atoms with Gasteiger partial charge >= 0.3 is 5.97 Å². The van der Waals surface area contributed by atoms with Crippen molar-refractivity contribution in [1.29, 1.82) is 0 Å². The molecule has 1 amide bonds. The maximum absolute atomic E-state index is 12.2. The third-order valence-electron chi connectivity index (χ3n) is 4.56. The van der Waals surface area contributed by atoms with Crippen LogP contribution in [0.3, 0.4) is 0 Å². The smallest absolute Gasteiger partial charge is 0.306 e. The van der Waals surface area contributed by atoms with E-state index in [9.17, 15) is 9.59 Å². The Balaban J connectivity index is 1.52. The van der Waals surface area contributed by atoms with Crippen molar-refractivity contribution in [2.75, 3.05) is 6.54 Å². The fraction of sp³-hybridized carbons (Fsp3) is 0.643. The Morgan fingerprint density at radius 2 is 2.29 bits per heavy atom. The average Bonchev–Trinajstić information content (AvgIpc) is 3.12. The van der Waals surface area contributed by atoms with E-state index in [1.54, 1.807) is 6.33 Å². The van der Waals surface area contributed by atoms with Gasteiger partial charge in [-0.15, -0.1) is 0 Å². The van der Waals surface area contributed by atoms with Crippen LogP contribution in [0.1, 0.15) is 30.7 Å². The molecule has 114 valence electrons. The van der Waals surface area contributed by atoms with Crippen molar-refractivity contribution in [1.82, 2.24) is 20.6 Å². The number of nitrogens with one attached hydrogen (secondary N) is 3. The fourth-order valence-electron chi connectivity index (χ4n) is 3.32. The third kappa shape index (κ3) is 2.92. The molecule has 1 aromatic rings. The zero-order chi connectivity index (χ0) is 14.8. The van der Waals surface area contributed by atoms with E-state index in [4.69, 9.17) is 5.11 Å². The van der Waals surface area contributed by atoms with Crippen LogP contribution in [0.15, 0.2) is 6.33 Å². The van der Waals surface area contributed by atoms with Crippen molar-refractivity contribution in [3.05, 3.63) is 17.7 Å². The number of rotatable bonds is 4. The van der Waals surface area contributed by atoms with Gasteiger partial charge in [0.15, 0.2) is 0 Å². The van der Waals surface area contributed by atoms with Crippen LogP contribution in [0.4, 0.5) is 0 Å². The molecule has 4 N–H and O–H groups in total. The molecule has 7 heteroatoms. The number of aromatic nitrogens is 2. The van der Waals surface area contributed by atoms with E-state index >= 15 is 0 Å². The maximum Gasteiger partial charge on any atom is 0.306 e. The molecule has 3 unspecified atom stereocenters. The number of carbonyl (C=O) groups is 2. The Morgan fingerprint density at radius 1 is 1.43 bits per heavy atom. The number of aromatic amines is 1. The molecule has 0 bridgehead atoms. The fourth-order valence-corrected chi connectivity index (χ4v) is 3.32. The lowest BCUT2D eigenvalue weighted by Gasteiger charge is -2.23. The van der Waals surface area contributed by atoms with Crippen molar-refractivity contribution >= 4 is 11.9 Å². The van der Waals surface area contributed by atoms with Crippen LogP contribution >= 0.6 is 0 Å². The number of carboxylic acid groups (broad SMARTS) is 1. The number of fused-ring (bicyclic) bond motifs is 1. The molecule has 2 aliphatic rings. The first-order valence-corrected chi connectivity index (χ1v) is 7.40. The van der Waals surface area contributed by atoms with E-state index in [-0.39, 0.29) is 23.8 Å². The van der Waals surface area contributed by atoms with Crippen molar-refractivity contribution in [2.24, 2.45) is 11.8 Å². The van der Waals surface area contributed by atoms with Gasteiger partial charge in [-0.3, -0.25) is 14.9 Å². The Bertz CT molecular complexity index is 542. The molecule has 1 aliphatic carbocycles. The van der Waals surface area contributed by atoms with Gasteiger partial charge in [-0.1, -0.05) is 6.42 Å². The van der Waals surface area contributed by atoms with E-state index in [1.165, 1.54) is 0 Å². The van der Waals surface area contributed by atoms with Gasteiger partial charge < -0.3 is 15.4 Å². The quantitative estimate of drug-likeness (QED) is 0.627. The minimum atomic E-state index is -0.747. The van der Waals surface area contributed by atoms with E-state index < -0.39 is 5.97 Å². The Kier molecular flexibility index (Phi) is 3.92.